The highest BCUT2D eigenvalue weighted by atomic mass is 79.9. The average Bonchev–Trinajstić information content (AvgIpc) is 2.66. The number of rotatable bonds is 10. The molecule has 0 radical (unpaired) electrons. The van der Waals surface area contributed by atoms with Crippen molar-refractivity contribution in [3.05, 3.63) is 52.5 Å². The highest BCUT2D eigenvalue weighted by molar-refractivity contribution is 9.10. The maximum absolute atomic E-state index is 12.2. The van der Waals surface area contributed by atoms with E-state index in [9.17, 15) is 4.79 Å². The van der Waals surface area contributed by atoms with E-state index in [1.807, 2.05) is 56.3 Å². The first-order valence-electron chi connectivity index (χ1n) is 9.12. The normalized spacial score (nSPS) is 11.6. The van der Waals surface area contributed by atoms with Crippen LogP contribution in [0.3, 0.4) is 0 Å². The number of halogens is 1. The molecule has 2 aromatic carbocycles. The molecule has 0 spiro atoms. The molecule has 0 aliphatic carbocycles. The first-order chi connectivity index (χ1) is 13.0. The van der Waals surface area contributed by atoms with E-state index >= 15 is 0 Å². The topological polar surface area (TPSA) is 56.8 Å². The summed E-state index contributed by atoms with van der Waals surface area (Å²) in [7, 11) is 0. The van der Waals surface area contributed by atoms with Gasteiger partial charge in [-0.3, -0.25) is 4.79 Å². The Labute approximate surface area is 169 Å². The highest BCUT2D eigenvalue weighted by Crippen LogP contribution is 2.28. The van der Waals surface area contributed by atoms with Gasteiger partial charge >= 0.3 is 0 Å². The van der Waals surface area contributed by atoms with Crippen LogP contribution in [0.5, 0.6) is 17.2 Å². The second-order valence-corrected chi connectivity index (χ2v) is 6.82. The van der Waals surface area contributed by atoms with E-state index in [-0.39, 0.29) is 5.91 Å². The van der Waals surface area contributed by atoms with E-state index in [1.54, 1.807) is 6.92 Å². The van der Waals surface area contributed by atoms with Crippen LogP contribution in [0.15, 0.2) is 46.9 Å². The Balaban J connectivity index is 1.84. The van der Waals surface area contributed by atoms with Gasteiger partial charge < -0.3 is 19.5 Å². The first-order valence-corrected chi connectivity index (χ1v) is 9.91. The fourth-order valence-corrected chi connectivity index (χ4v) is 2.76. The van der Waals surface area contributed by atoms with Crippen molar-refractivity contribution < 1.29 is 19.0 Å². The number of carbonyl (C=O) groups excluding carboxylic acids is 1. The van der Waals surface area contributed by atoms with Crippen molar-refractivity contribution in [3.8, 4) is 17.2 Å². The zero-order chi connectivity index (χ0) is 19.6. The summed E-state index contributed by atoms with van der Waals surface area (Å²) in [4.78, 5) is 12.2. The van der Waals surface area contributed by atoms with Crippen LogP contribution in [0.25, 0.3) is 0 Å². The molecule has 0 aromatic heterocycles. The fourth-order valence-electron chi connectivity index (χ4n) is 2.50. The molecule has 0 aliphatic heterocycles. The van der Waals surface area contributed by atoms with Gasteiger partial charge in [-0.2, -0.15) is 0 Å². The van der Waals surface area contributed by atoms with Crippen LogP contribution in [0.4, 0.5) is 0 Å². The monoisotopic (exact) mass is 435 g/mol. The Morgan fingerprint density at radius 3 is 2.37 bits per heavy atom. The van der Waals surface area contributed by atoms with Crippen LogP contribution >= 0.6 is 15.9 Å². The molecule has 6 heteroatoms. The minimum absolute atomic E-state index is 0.145. The molecule has 0 bridgehead atoms. The van der Waals surface area contributed by atoms with Gasteiger partial charge in [0.2, 0.25) is 0 Å². The predicted molar refractivity (Wildman–Crippen MR) is 110 cm³/mol. The molecule has 27 heavy (non-hydrogen) atoms. The Hall–Kier alpha value is -2.21. The van der Waals surface area contributed by atoms with E-state index < -0.39 is 6.10 Å². The van der Waals surface area contributed by atoms with Crippen LogP contribution in [0.1, 0.15) is 26.3 Å². The number of ether oxygens (including phenoxy) is 3. The van der Waals surface area contributed by atoms with Crippen LogP contribution in [0, 0.1) is 0 Å². The lowest BCUT2D eigenvalue weighted by Gasteiger charge is -2.15. The third-order valence-corrected chi connectivity index (χ3v) is 4.35. The number of nitrogens with one attached hydrogen (secondary N) is 1. The van der Waals surface area contributed by atoms with Gasteiger partial charge in [0.1, 0.15) is 5.75 Å². The van der Waals surface area contributed by atoms with Crippen LogP contribution in [-0.4, -0.2) is 31.8 Å². The van der Waals surface area contributed by atoms with Gasteiger partial charge in [0.05, 0.1) is 13.2 Å². The summed E-state index contributed by atoms with van der Waals surface area (Å²) < 4.78 is 17.8. The quantitative estimate of drug-likeness (QED) is 0.601. The van der Waals surface area contributed by atoms with Gasteiger partial charge in [-0.1, -0.05) is 22.0 Å². The molecular formula is C21H26BrNO4. The molecule has 2 rings (SSSR count). The molecule has 1 N–H and O–H groups in total. The highest BCUT2D eigenvalue weighted by Gasteiger charge is 2.14. The lowest BCUT2D eigenvalue weighted by Crippen LogP contribution is -2.37. The van der Waals surface area contributed by atoms with Gasteiger partial charge in [-0.25, -0.2) is 0 Å². The van der Waals surface area contributed by atoms with Crippen molar-refractivity contribution in [3.63, 3.8) is 0 Å². The summed E-state index contributed by atoms with van der Waals surface area (Å²) in [5, 5.41) is 2.91. The Kier molecular flexibility index (Phi) is 8.45. The second-order valence-electron chi connectivity index (χ2n) is 5.90. The van der Waals surface area contributed by atoms with E-state index in [4.69, 9.17) is 14.2 Å². The minimum atomic E-state index is -0.564. The maximum atomic E-state index is 12.2. The minimum Gasteiger partial charge on any atom is -0.490 e. The fraction of sp³-hybridized carbons (Fsp3) is 0.381. The SMILES string of the molecule is CCOc1ccc(CCNC(=O)C(C)Oc2ccc(Br)cc2)cc1OCC. The third kappa shape index (κ3) is 6.79. The number of amides is 1. The molecule has 1 atom stereocenters. The molecule has 1 amide bonds. The van der Waals surface area contributed by atoms with Crippen LogP contribution in [0.2, 0.25) is 0 Å². The van der Waals surface area contributed by atoms with Gasteiger partial charge in [-0.15, -0.1) is 0 Å². The second kappa shape index (κ2) is 10.8. The lowest BCUT2D eigenvalue weighted by atomic mass is 10.1. The Morgan fingerprint density at radius 2 is 1.70 bits per heavy atom. The van der Waals surface area contributed by atoms with Crippen molar-refractivity contribution in [1.29, 1.82) is 0 Å². The van der Waals surface area contributed by atoms with Crippen molar-refractivity contribution in [2.24, 2.45) is 0 Å². The summed E-state index contributed by atoms with van der Waals surface area (Å²) in [5.41, 5.74) is 1.07. The molecule has 146 valence electrons. The van der Waals surface area contributed by atoms with Gasteiger partial charge in [0.25, 0.3) is 5.91 Å². The molecule has 1 unspecified atom stereocenters. The molecule has 5 nitrogen and oxygen atoms in total. The van der Waals surface area contributed by atoms with Gasteiger partial charge in [-0.05, 0) is 69.2 Å². The average molecular weight is 436 g/mol. The largest absolute Gasteiger partial charge is 0.490 e. The molecular weight excluding hydrogens is 410 g/mol. The summed E-state index contributed by atoms with van der Waals surface area (Å²) >= 11 is 3.37. The van der Waals surface area contributed by atoms with Gasteiger partial charge in [0.15, 0.2) is 17.6 Å². The standard InChI is InChI=1S/C21H26BrNO4/c1-4-25-19-11-6-16(14-20(19)26-5-2)12-13-23-21(24)15(3)27-18-9-7-17(22)8-10-18/h6-11,14-15H,4-5,12-13H2,1-3H3,(H,23,24). The molecule has 0 heterocycles. The number of benzene rings is 2. The number of carbonyl (C=O) groups is 1. The lowest BCUT2D eigenvalue weighted by molar-refractivity contribution is -0.127. The van der Waals surface area contributed by atoms with Gasteiger partial charge in [0, 0.05) is 11.0 Å². The Morgan fingerprint density at radius 1 is 1.04 bits per heavy atom. The molecule has 2 aromatic rings. The van der Waals surface area contributed by atoms with E-state index in [0.29, 0.717) is 31.9 Å². The zero-order valence-electron chi connectivity index (χ0n) is 16.0. The summed E-state index contributed by atoms with van der Waals surface area (Å²) in [6, 6.07) is 13.3. The third-order valence-electron chi connectivity index (χ3n) is 3.82. The molecule has 0 saturated heterocycles. The summed E-state index contributed by atoms with van der Waals surface area (Å²) in [6.45, 7) is 7.30. The summed E-state index contributed by atoms with van der Waals surface area (Å²) in [6.07, 6.45) is 0.133. The van der Waals surface area contributed by atoms with Crippen molar-refractivity contribution in [2.75, 3.05) is 19.8 Å². The van der Waals surface area contributed by atoms with Crippen molar-refractivity contribution in [2.45, 2.75) is 33.3 Å². The van der Waals surface area contributed by atoms with E-state index in [1.165, 1.54) is 0 Å². The predicted octanol–water partition coefficient (Wildman–Crippen LogP) is 4.37. The Bertz CT molecular complexity index is 733. The number of hydrogen-bond acceptors (Lipinski definition) is 4. The first kappa shape index (κ1) is 21.1. The van der Waals surface area contributed by atoms with E-state index in [0.717, 1.165) is 21.5 Å². The smallest absolute Gasteiger partial charge is 0.260 e. The van der Waals surface area contributed by atoms with E-state index in [2.05, 4.69) is 21.2 Å². The zero-order valence-corrected chi connectivity index (χ0v) is 17.5. The van der Waals surface area contributed by atoms with Crippen molar-refractivity contribution >= 4 is 21.8 Å². The van der Waals surface area contributed by atoms with Crippen LogP contribution in [-0.2, 0) is 11.2 Å². The molecule has 0 fully saturated rings. The molecule has 0 saturated carbocycles. The van der Waals surface area contributed by atoms with Crippen LogP contribution < -0.4 is 19.5 Å². The number of hydrogen-bond donors (Lipinski definition) is 1. The summed E-state index contributed by atoms with van der Waals surface area (Å²) in [5.74, 6) is 1.99. The molecule has 0 aliphatic rings. The maximum Gasteiger partial charge on any atom is 0.260 e. The van der Waals surface area contributed by atoms with Crippen molar-refractivity contribution in [1.82, 2.24) is 5.32 Å².